The van der Waals surface area contributed by atoms with Gasteiger partial charge in [-0.1, -0.05) is 119 Å². The highest BCUT2D eigenvalue weighted by molar-refractivity contribution is 7.94. The quantitative estimate of drug-likeness (QED) is 0.0502. The second kappa shape index (κ2) is 40.0. The summed E-state index contributed by atoms with van der Waals surface area (Å²) in [7, 11) is -21.6. The summed E-state index contributed by atoms with van der Waals surface area (Å²) >= 11 is 25.8. The van der Waals surface area contributed by atoms with Crippen LogP contribution in [0.2, 0.25) is 20.1 Å². The number of rotatable bonds is 19. The van der Waals surface area contributed by atoms with Crippen molar-refractivity contribution in [2.45, 2.75) is 21.1 Å². The average Bonchev–Trinajstić information content (AvgIpc) is 1.67. The minimum Gasteiger partial charge on any atom is -0.322 e. The summed E-state index contributed by atoms with van der Waals surface area (Å²) in [6, 6.07) is 79.8. The lowest BCUT2D eigenvalue weighted by molar-refractivity contribution is 0.102. The van der Waals surface area contributed by atoms with Crippen molar-refractivity contribution in [2.24, 2.45) is 0 Å². The number of hydrogen-bond acceptors (Lipinski definition) is 20. The Kier molecular flexibility index (Phi) is 28.1. The zero-order valence-electron chi connectivity index (χ0n) is 73.7. The third-order valence-corrected chi connectivity index (χ3v) is 35.9. The van der Waals surface area contributed by atoms with E-state index < -0.39 is 70.9 Å². The standard InChI is InChI=1S/C25H21ClN4O3S.2C24H21ClN4O4S2.C23H20ClN5O4S2/c26-23-11-8-19(16-22(23)24-21-5-2-1-4-17(21)12-14-27-24)29-25(31)18-6-9-20(10-7-18)30-15-3-13-28-34(30,32)33;1-28-14-15-29(35(28,32)33)19-8-10-20(11-9-19)34(30,31)27-18-7-12-22(25)21(16-18)24-13-6-17-4-2-3-5-23(17)26-24;1-28-14-15-29(35(28,32)33)19-7-9-20(10-8-19)34(30,31)27-18-6-11-23(25)22(16-18)24-21-5-3-2-4-17(21)12-13-26-24;1-28-13-14-29(35(28,32)33)17-5-7-18(8-6-17)34(30,31)27-16-4-9-21(24)20(15-16)23-19-3-2-11-25-22(19)10-12-26-23/h1-2,4-12,14,16,28H,3,13,15H2,(H,29,31);2*2-13,16,27H,14-15H2,1H3;2-12,15,27H,13-14H2,1H3. The molecule has 0 atom stereocenters. The van der Waals surface area contributed by atoms with Gasteiger partial charge in [0.25, 0.3) is 36.0 Å². The highest BCUT2D eigenvalue weighted by Crippen LogP contribution is 2.41. The molecule has 32 nitrogen and oxygen atoms in total. The summed E-state index contributed by atoms with van der Waals surface area (Å²) < 4.78 is 196. The van der Waals surface area contributed by atoms with Gasteiger partial charge in [-0.2, -0.15) is 51.3 Å². The van der Waals surface area contributed by atoms with Crippen molar-refractivity contribution in [3.8, 4) is 45.0 Å². The number of para-hydroxylation sites is 1. The average molecular weight is 2080 g/mol. The Morgan fingerprint density at radius 2 is 0.705 bits per heavy atom. The van der Waals surface area contributed by atoms with Crippen molar-refractivity contribution in [3.63, 3.8) is 0 Å². The highest BCUT2D eigenvalue weighted by Gasteiger charge is 2.38. The van der Waals surface area contributed by atoms with Gasteiger partial charge in [-0.25, -0.2) is 30.2 Å². The molecule has 11 aromatic carbocycles. The number of nitrogens with one attached hydrogen (secondary N) is 5. The summed E-state index contributed by atoms with van der Waals surface area (Å²) in [6.45, 7) is 2.84. The van der Waals surface area contributed by atoms with Gasteiger partial charge in [0.2, 0.25) is 0 Å². The smallest absolute Gasteiger partial charge is 0.303 e. The number of fused-ring (bicyclic) bond motifs is 4. The number of aromatic nitrogens is 5. The van der Waals surface area contributed by atoms with E-state index in [9.17, 15) is 63.7 Å². The Morgan fingerprint density at radius 1 is 0.338 bits per heavy atom. The maximum absolute atomic E-state index is 13.1. The van der Waals surface area contributed by atoms with Crippen LogP contribution in [0.3, 0.4) is 0 Å². The normalized spacial score (nSPS) is 15.8. The lowest BCUT2D eigenvalue weighted by atomic mass is 10.0. The van der Waals surface area contributed by atoms with Crippen LogP contribution in [-0.2, 0) is 70.9 Å². The second-order valence-electron chi connectivity index (χ2n) is 32.0. The van der Waals surface area contributed by atoms with Crippen molar-refractivity contribution < 1.29 is 63.7 Å². The molecule has 43 heteroatoms. The van der Waals surface area contributed by atoms with Crippen molar-refractivity contribution >= 4 is 212 Å². The van der Waals surface area contributed by atoms with Gasteiger partial charge < -0.3 is 5.32 Å². The Hall–Kier alpha value is -13.1. The molecule has 5 N–H and O–H groups in total. The SMILES string of the molecule is CN1CCN(c2ccc(S(=O)(=O)Nc3ccc(Cl)c(-c4ccc5ccccc5n4)c3)cc2)S1(=O)=O.CN1CCN(c2ccc(S(=O)(=O)Nc3ccc(Cl)c(-c4nccc5ccccc45)c3)cc2)S1(=O)=O.CN1CCN(c2ccc(S(=O)(=O)Nc3ccc(Cl)c(-c4nccc5ncccc45)c3)cc2)S1(=O)=O.O=C(Nc1ccc(Cl)c(-c2nccc3ccccc23)c1)c1ccc(N2CCCNS2(=O)=O)cc1. The van der Waals surface area contributed by atoms with Gasteiger partial charge in [-0.05, 0) is 230 Å². The highest BCUT2D eigenvalue weighted by atomic mass is 35.5. The first-order chi connectivity index (χ1) is 66.4. The largest absolute Gasteiger partial charge is 0.322 e. The lowest BCUT2D eigenvalue weighted by Gasteiger charge is -2.28. The lowest BCUT2D eigenvalue weighted by Crippen LogP contribution is -2.47. The molecule has 4 saturated heterocycles. The number of anilines is 8. The number of benzene rings is 11. The third-order valence-electron chi connectivity index (χ3n) is 23.1. The topological polar surface area (TPSA) is 403 Å². The minimum atomic E-state index is -3.95. The molecule has 4 aliphatic heterocycles. The summed E-state index contributed by atoms with van der Waals surface area (Å²) in [5.41, 5.74) is 10.3. The third kappa shape index (κ3) is 21.0. The molecule has 1 amide bonds. The Morgan fingerprint density at radius 3 is 1.14 bits per heavy atom. The first kappa shape index (κ1) is 97.6. The van der Waals surface area contributed by atoms with Gasteiger partial charge in [0, 0.05) is 170 Å². The van der Waals surface area contributed by atoms with Crippen LogP contribution < -0.4 is 41.4 Å². The van der Waals surface area contributed by atoms with E-state index in [0.29, 0.717) is 164 Å². The van der Waals surface area contributed by atoms with Crippen LogP contribution >= 0.6 is 46.4 Å². The number of carbonyl (C=O) groups is 1. The second-order valence-corrected chi connectivity index (χ2v) is 46.2. The molecule has 0 spiro atoms. The maximum atomic E-state index is 13.1. The monoisotopic (exact) mass is 2080 g/mol. The fourth-order valence-electron chi connectivity index (χ4n) is 15.8. The molecule has 0 unspecified atom stereocenters. The summed E-state index contributed by atoms with van der Waals surface area (Å²) in [5.74, 6) is -0.315. The molecule has 0 bridgehead atoms. The molecule has 4 fully saturated rings. The fraction of sp³-hybridized carbons (Fsp3) is 0.125. The molecular formula is C96H83Cl4N17O15S7. The molecule has 0 aliphatic carbocycles. The van der Waals surface area contributed by atoms with Crippen molar-refractivity contribution in [1.82, 2.24) is 42.6 Å². The van der Waals surface area contributed by atoms with Crippen LogP contribution in [0.5, 0.6) is 0 Å². The first-order valence-electron chi connectivity index (χ1n) is 42.6. The predicted molar refractivity (Wildman–Crippen MR) is 548 cm³/mol. The number of hydrogen-bond donors (Lipinski definition) is 5. The van der Waals surface area contributed by atoms with E-state index in [1.54, 1.807) is 134 Å². The molecule has 0 saturated carbocycles. The maximum Gasteiger partial charge on any atom is 0.303 e. The summed E-state index contributed by atoms with van der Waals surface area (Å²) in [5, 5.41) is 10.4. The van der Waals surface area contributed by atoms with Crippen molar-refractivity contribution in [2.75, 3.05) is 110 Å². The molecule has 4 aliphatic rings. The zero-order valence-corrected chi connectivity index (χ0v) is 82.4. The molecule has 712 valence electrons. The number of carbonyl (C=O) groups excluding carboxylic acids is 1. The molecular weight excluding hydrogens is 2000 g/mol. The molecule has 9 heterocycles. The number of pyridine rings is 5. The molecule has 16 aromatic rings. The van der Waals surface area contributed by atoms with Gasteiger partial charge >= 0.3 is 40.8 Å². The van der Waals surface area contributed by atoms with Gasteiger partial charge in [-0.3, -0.25) is 56.1 Å². The van der Waals surface area contributed by atoms with E-state index in [-0.39, 0.29) is 20.6 Å². The van der Waals surface area contributed by atoms with Gasteiger partial charge in [0.05, 0.1) is 91.3 Å². The van der Waals surface area contributed by atoms with Crippen LogP contribution in [0.4, 0.5) is 45.5 Å². The molecule has 20 rings (SSSR count). The van der Waals surface area contributed by atoms with Gasteiger partial charge in [0.1, 0.15) is 0 Å². The Bertz CT molecular complexity index is 8090. The van der Waals surface area contributed by atoms with E-state index in [1.165, 1.54) is 124 Å². The van der Waals surface area contributed by atoms with Crippen molar-refractivity contribution in [1.29, 1.82) is 0 Å². The van der Waals surface area contributed by atoms with E-state index in [2.05, 4.69) is 49.1 Å². The number of likely N-dealkylation sites (N-methyl/N-ethyl adjacent to an activating group) is 3. The Labute approximate surface area is 823 Å². The van der Waals surface area contributed by atoms with Crippen LogP contribution in [0.15, 0.2) is 325 Å². The number of halogens is 4. The van der Waals surface area contributed by atoms with Gasteiger partial charge in [-0.15, -0.1) is 0 Å². The number of nitrogens with zero attached hydrogens (tertiary/aromatic N) is 12. The molecule has 139 heavy (non-hydrogen) atoms. The van der Waals surface area contributed by atoms with E-state index in [0.717, 1.165) is 54.6 Å². The number of amides is 1. The fourth-order valence-corrected chi connectivity index (χ4v) is 25.1. The minimum absolute atomic E-state index is 0.00446. The van der Waals surface area contributed by atoms with Gasteiger partial charge in [0.15, 0.2) is 0 Å². The van der Waals surface area contributed by atoms with Crippen LogP contribution in [0.1, 0.15) is 16.8 Å². The predicted octanol–water partition coefficient (Wildman–Crippen LogP) is 17.3. The van der Waals surface area contributed by atoms with E-state index in [4.69, 9.17) is 46.4 Å². The first-order valence-corrected chi connectivity index (χ1v) is 54.2. The molecule has 5 aromatic heterocycles. The van der Waals surface area contributed by atoms with Crippen LogP contribution in [0.25, 0.3) is 88.4 Å². The van der Waals surface area contributed by atoms with E-state index in [1.807, 2.05) is 103 Å². The van der Waals surface area contributed by atoms with Crippen molar-refractivity contribution in [3.05, 3.63) is 336 Å². The summed E-state index contributed by atoms with van der Waals surface area (Å²) in [4.78, 5) is 35.3. The number of sulfonamides is 3. The molecule has 0 radical (unpaired) electrons. The zero-order chi connectivity index (χ0) is 98.1. The summed E-state index contributed by atoms with van der Waals surface area (Å²) in [6.07, 6.45) is 7.44. The van der Waals surface area contributed by atoms with Crippen LogP contribution in [0, 0.1) is 0 Å². The Balaban J connectivity index is 0.000000128. The van der Waals surface area contributed by atoms with Crippen LogP contribution in [-0.4, -0.2) is 176 Å². The van der Waals surface area contributed by atoms with E-state index >= 15 is 0 Å².